The molecule has 0 fully saturated rings. The standard InChI is InChI=1S/C17H17ClN2O4/c1-11(2)10-24-16-8-7-12(9-14(16)18)19-17(21)13-5-3-4-6-15(13)20(22)23/h3-9,11H,10H2,1-2H3,(H,19,21). The van der Waals surface area contributed by atoms with Crippen LogP contribution in [0.2, 0.25) is 5.02 Å². The molecule has 1 amide bonds. The average Bonchev–Trinajstić information content (AvgIpc) is 2.53. The highest BCUT2D eigenvalue weighted by Gasteiger charge is 2.19. The largest absolute Gasteiger partial charge is 0.492 e. The van der Waals surface area contributed by atoms with Gasteiger partial charge in [-0.3, -0.25) is 14.9 Å². The van der Waals surface area contributed by atoms with Crippen molar-refractivity contribution in [3.8, 4) is 5.75 Å². The van der Waals surface area contributed by atoms with Gasteiger partial charge in [0.25, 0.3) is 11.6 Å². The third-order valence-electron chi connectivity index (χ3n) is 3.11. The van der Waals surface area contributed by atoms with E-state index in [1.54, 1.807) is 24.3 Å². The Bertz CT molecular complexity index is 762. The zero-order chi connectivity index (χ0) is 17.7. The van der Waals surface area contributed by atoms with Gasteiger partial charge in [0.1, 0.15) is 11.3 Å². The number of amides is 1. The van der Waals surface area contributed by atoms with Crippen LogP contribution in [0.4, 0.5) is 11.4 Å². The summed E-state index contributed by atoms with van der Waals surface area (Å²) in [6.45, 7) is 4.58. The lowest BCUT2D eigenvalue weighted by atomic mass is 10.1. The number of carbonyl (C=O) groups excluding carboxylic acids is 1. The van der Waals surface area contributed by atoms with Crippen LogP contribution in [0.3, 0.4) is 0 Å². The predicted molar refractivity (Wildman–Crippen MR) is 92.8 cm³/mol. The second kappa shape index (κ2) is 7.79. The first-order valence-corrected chi connectivity index (χ1v) is 7.73. The molecule has 0 saturated heterocycles. The van der Waals surface area contributed by atoms with Crippen molar-refractivity contribution in [2.75, 3.05) is 11.9 Å². The van der Waals surface area contributed by atoms with Crippen molar-refractivity contribution < 1.29 is 14.5 Å². The smallest absolute Gasteiger partial charge is 0.282 e. The fraction of sp³-hybridized carbons (Fsp3) is 0.235. The maximum Gasteiger partial charge on any atom is 0.282 e. The number of rotatable bonds is 6. The Morgan fingerprint density at radius 3 is 2.62 bits per heavy atom. The van der Waals surface area contributed by atoms with Gasteiger partial charge in [0.2, 0.25) is 0 Å². The number of hydrogen-bond donors (Lipinski definition) is 1. The zero-order valence-corrected chi connectivity index (χ0v) is 14.0. The molecule has 0 unspecified atom stereocenters. The van der Waals surface area contributed by atoms with Gasteiger partial charge in [-0.25, -0.2) is 0 Å². The lowest BCUT2D eigenvalue weighted by Crippen LogP contribution is -2.14. The summed E-state index contributed by atoms with van der Waals surface area (Å²) < 4.78 is 5.56. The summed E-state index contributed by atoms with van der Waals surface area (Å²) in [5.74, 6) is 0.308. The Labute approximate surface area is 144 Å². The van der Waals surface area contributed by atoms with Crippen molar-refractivity contribution in [2.45, 2.75) is 13.8 Å². The summed E-state index contributed by atoms with van der Waals surface area (Å²) in [7, 11) is 0. The predicted octanol–water partition coefficient (Wildman–Crippen LogP) is 4.54. The summed E-state index contributed by atoms with van der Waals surface area (Å²) >= 11 is 6.14. The first-order chi connectivity index (χ1) is 11.4. The molecule has 7 heteroatoms. The van der Waals surface area contributed by atoms with Crippen molar-refractivity contribution in [3.63, 3.8) is 0 Å². The van der Waals surface area contributed by atoms with Crippen LogP contribution in [0.25, 0.3) is 0 Å². The van der Waals surface area contributed by atoms with Crippen molar-refractivity contribution in [2.24, 2.45) is 5.92 Å². The van der Waals surface area contributed by atoms with Gasteiger partial charge in [-0.1, -0.05) is 37.6 Å². The van der Waals surface area contributed by atoms with Crippen LogP contribution in [0.15, 0.2) is 42.5 Å². The Morgan fingerprint density at radius 2 is 2.00 bits per heavy atom. The topological polar surface area (TPSA) is 81.5 Å². The number of carbonyl (C=O) groups is 1. The van der Waals surface area contributed by atoms with Gasteiger partial charge in [0.05, 0.1) is 16.6 Å². The second-order valence-electron chi connectivity index (χ2n) is 5.58. The highest BCUT2D eigenvalue weighted by atomic mass is 35.5. The Morgan fingerprint density at radius 1 is 1.29 bits per heavy atom. The van der Waals surface area contributed by atoms with Crippen LogP contribution >= 0.6 is 11.6 Å². The Hall–Kier alpha value is -2.60. The van der Waals surface area contributed by atoms with E-state index in [4.69, 9.17) is 16.3 Å². The molecule has 0 aliphatic carbocycles. The van der Waals surface area contributed by atoms with E-state index < -0.39 is 10.8 Å². The number of halogens is 1. The van der Waals surface area contributed by atoms with E-state index in [0.29, 0.717) is 29.0 Å². The molecule has 1 N–H and O–H groups in total. The zero-order valence-electron chi connectivity index (χ0n) is 13.3. The highest BCUT2D eigenvalue weighted by molar-refractivity contribution is 6.32. The molecule has 126 valence electrons. The van der Waals surface area contributed by atoms with Crippen LogP contribution < -0.4 is 10.1 Å². The molecule has 6 nitrogen and oxygen atoms in total. The minimum atomic E-state index is -0.593. The lowest BCUT2D eigenvalue weighted by Gasteiger charge is -2.12. The number of hydrogen-bond acceptors (Lipinski definition) is 4. The first kappa shape index (κ1) is 17.7. The SMILES string of the molecule is CC(C)COc1ccc(NC(=O)c2ccccc2[N+](=O)[O-])cc1Cl. The summed E-state index contributed by atoms with van der Waals surface area (Å²) in [6.07, 6.45) is 0. The van der Waals surface area contributed by atoms with Crippen molar-refractivity contribution in [1.29, 1.82) is 0 Å². The molecule has 2 rings (SSSR count). The molecule has 0 heterocycles. The van der Waals surface area contributed by atoms with Crippen LogP contribution in [0.1, 0.15) is 24.2 Å². The molecule has 0 saturated carbocycles. The monoisotopic (exact) mass is 348 g/mol. The molecule has 0 radical (unpaired) electrons. The van der Waals surface area contributed by atoms with Gasteiger partial charge in [-0.05, 0) is 30.2 Å². The number of anilines is 1. The normalized spacial score (nSPS) is 10.5. The molecule has 0 bridgehead atoms. The van der Waals surface area contributed by atoms with E-state index in [2.05, 4.69) is 5.32 Å². The third kappa shape index (κ3) is 4.45. The minimum absolute atomic E-state index is 0.0150. The van der Waals surface area contributed by atoms with Gasteiger partial charge < -0.3 is 10.1 Å². The Balaban J connectivity index is 2.15. The Kier molecular flexibility index (Phi) is 5.76. The summed E-state index contributed by atoms with van der Waals surface area (Å²) in [5.41, 5.74) is 0.164. The molecule has 2 aromatic rings. The maximum atomic E-state index is 12.3. The van der Waals surface area contributed by atoms with Gasteiger partial charge in [-0.2, -0.15) is 0 Å². The van der Waals surface area contributed by atoms with Crippen LogP contribution in [-0.2, 0) is 0 Å². The number of ether oxygens (including phenoxy) is 1. The van der Waals surface area contributed by atoms with Gasteiger partial charge in [0.15, 0.2) is 0 Å². The van der Waals surface area contributed by atoms with E-state index >= 15 is 0 Å². The first-order valence-electron chi connectivity index (χ1n) is 7.35. The highest BCUT2D eigenvalue weighted by Crippen LogP contribution is 2.28. The van der Waals surface area contributed by atoms with E-state index in [1.165, 1.54) is 18.2 Å². The number of nitrogens with zero attached hydrogens (tertiary/aromatic N) is 1. The summed E-state index contributed by atoms with van der Waals surface area (Å²) in [6, 6.07) is 10.6. The molecular formula is C17H17ClN2O4. The minimum Gasteiger partial charge on any atom is -0.492 e. The van der Waals surface area contributed by atoms with Crippen molar-refractivity contribution in [1.82, 2.24) is 0 Å². The number of nitro benzene ring substituents is 1. The van der Waals surface area contributed by atoms with Crippen LogP contribution in [0.5, 0.6) is 5.75 Å². The molecule has 0 atom stereocenters. The van der Waals surface area contributed by atoms with E-state index in [9.17, 15) is 14.9 Å². The average molecular weight is 349 g/mol. The van der Waals surface area contributed by atoms with Gasteiger partial charge in [-0.15, -0.1) is 0 Å². The van der Waals surface area contributed by atoms with Gasteiger partial charge in [0, 0.05) is 11.8 Å². The van der Waals surface area contributed by atoms with Gasteiger partial charge >= 0.3 is 0 Å². The number of nitrogens with one attached hydrogen (secondary N) is 1. The number of nitro groups is 1. The van der Waals surface area contributed by atoms with E-state index in [0.717, 1.165) is 0 Å². The van der Waals surface area contributed by atoms with Crippen molar-refractivity contribution >= 4 is 28.9 Å². The second-order valence-corrected chi connectivity index (χ2v) is 5.99. The fourth-order valence-corrected chi connectivity index (χ4v) is 2.21. The van der Waals surface area contributed by atoms with E-state index in [-0.39, 0.29) is 11.3 Å². The molecule has 0 aromatic heterocycles. The molecule has 0 spiro atoms. The third-order valence-corrected chi connectivity index (χ3v) is 3.40. The molecule has 24 heavy (non-hydrogen) atoms. The van der Waals surface area contributed by atoms with Crippen molar-refractivity contribution in [3.05, 3.63) is 63.2 Å². The molecule has 2 aromatic carbocycles. The fourth-order valence-electron chi connectivity index (χ4n) is 1.98. The summed E-state index contributed by atoms with van der Waals surface area (Å²) in [5, 5.41) is 14.0. The van der Waals surface area contributed by atoms with Crippen LogP contribution in [0, 0.1) is 16.0 Å². The molecule has 0 aliphatic rings. The summed E-state index contributed by atoms with van der Waals surface area (Å²) in [4.78, 5) is 22.7. The number of benzene rings is 2. The molecule has 0 aliphatic heterocycles. The van der Waals surface area contributed by atoms with E-state index in [1.807, 2.05) is 13.8 Å². The number of para-hydroxylation sites is 1. The van der Waals surface area contributed by atoms with Crippen LogP contribution in [-0.4, -0.2) is 17.4 Å². The maximum absolute atomic E-state index is 12.3. The molecular weight excluding hydrogens is 332 g/mol. The quantitative estimate of drug-likeness (QED) is 0.614. The lowest BCUT2D eigenvalue weighted by molar-refractivity contribution is -0.385.